The van der Waals surface area contributed by atoms with Crippen molar-refractivity contribution in [2.75, 3.05) is 0 Å². The molecule has 0 nitrogen and oxygen atoms in total. The molecule has 0 heterocycles. The summed E-state index contributed by atoms with van der Waals surface area (Å²) in [5, 5.41) is 0. The Morgan fingerprint density at radius 3 is 1.25 bits per heavy atom. The summed E-state index contributed by atoms with van der Waals surface area (Å²) in [4.78, 5) is 0. The van der Waals surface area contributed by atoms with Crippen molar-refractivity contribution in [3.05, 3.63) is 0 Å². The quantitative estimate of drug-likeness (QED) is 0.297. The second kappa shape index (κ2) is 1.84. The second-order valence-corrected chi connectivity index (χ2v) is 3.98. The number of hydrogen-bond acceptors (Lipinski definition) is 0. The van der Waals surface area contributed by atoms with Crippen molar-refractivity contribution in [2.24, 2.45) is 0 Å². The summed E-state index contributed by atoms with van der Waals surface area (Å²) < 4.78 is 54.2. The van der Waals surface area contributed by atoms with E-state index in [-0.39, 0.29) is 0 Å². The smallest absolute Gasteiger partial charge is 0.245 e. The van der Waals surface area contributed by atoms with Gasteiger partial charge in [0.15, 0.2) is 0 Å². The zero-order chi connectivity index (χ0) is 7.00. The number of rotatable bonds is 0. The van der Waals surface area contributed by atoms with E-state index in [2.05, 4.69) is 11.1 Å². The average molecular weight is 171 g/mol. The van der Waals surface area contributed by atoms with Crippen molar-refractivity contribution in [2.45, 2.75) is 5.80 Å². The molecule has 0 unspecified atom stereocenters. The number of halogens is 6. The van der Waals surface area contributed by atoms with Crippen LogP contribution >= 0.6 is 11.1 Å². The molecule has 0 aromatic carbocycles. The third kappa shape index (κ3) is 1.95. The van der Waals surface area contributed by atoms with E-state index in [1.807, 2.05) is 0 Å². The van der Waals surface area contributed by atoms with Crippen molar-refractivity contribution >= 4 is 19.1 Å². The van der Waals surface area contributed by atoms with Crippen LogP contribution in [0, 0.1) is 0 Å². The maximum absolute atomic E-state index is 11.0. The van der Waals surface area contributed by atoms with Gasteiger partial charge in [0, 0.05) is 0 Å². The number of alkyl halides is 3. The minimum absolute atomic E-state index is 3.69. The first-order valence-electron chi connectivity index (χ1n) is 1.38. The summed E-state index contributed by atoms with van der Waals surface area (Å²) in [6, 6.07) is 0. The van der Waals surface area contributed by atoms with Crippen LogP contribution in [0.15, 0.2) is 0 Å². The molecule has 0 aliphatic heterocycles. The first kappa shape index (κ1) is 8.16. The first-order chi connectivity index (χ1) is 3.25. The molecule has 0 fully saturated rings. The first-order valence-corrected chi connectivity index (χ1v) is 4.15. The van der Waals surface area contributed by atoms with Crippen LogP contribution in [0.2, 0.25) is 0 Å². The van der Waals surface area contributed by atoms with Crippen molar-refractivity contribution < 1.29 is 21.4 Å². The van der Waals surface area contributed by atoms with Crippen LogP contribution in [0.5, 0.6) is 0 Å². The summed E-state index contributed by atoms with van der Waals surface area (Å²) in [7, 11) is -6.39. The van der Waals surface area contributed by atoms with Gasteiger partial charge in [0.25, 0.3) is 0 Å². The zero-order valence-corrected chi connectivity index (χ0v) is 5.02. The fourth-order valence-corrected chi connectivity index (χ4v) is 0. The fourth-order valence-electron chi connectivity index (χ4n) is 0. The maximum Gasteiger partial charge on any atom is 0.632 e. The lowest BCUT2D eigenvalue weighted by Gasteiger charge is -2.06. The molecule has 0 rings (SSSR count). The largest absolute Gasteiger partial charge is 0.632 e. The summed E-state index contributed by atoms with van der Waals surface area (Å²) in [6.07, 6.45) is 0. The van der Waals surface area contributed by atoms with Gasteiger partial charge in [0.05, 0.1) is 0 Å². The molecule has 0 aromatic rings. The standard InChI is InChI=1S/CClF5Si/c2-8(6,7)1(3,4)5. The zero-order valence-electron chi connectivity index (χ0n) is 3.27. The van der Waals surface area contributed by atoms with Crippen LogP contribution in [0.25, 0.3) is 0 Å². The summed E-state index contributed by atoms with van der Waals surface area (Å²) >= 11 is 3.69. The van der Waals surface area contributed by atoms with Gasteiger partial charge < -0.3 is 0 Å². The molecule has 0 radical (unpaired) electrons. The van der Waals surface area contributed by atoms with Gasteiger partial charge in [-0.05, 0) is 0 Å². The molecule has 0 saturated heterocycles. The molecule has 50 valence electrons. The molecular formula is CClF5Si. The monoisotopic (exact) mass is 170 g/mol. The summed E-state index contributed by atoms with van der Waals surface area (Å²) in [5.41, 5.74) is 0. The van der Waals surface area contributed by atoms with Crippen LogP contribution in [0.3, 0.4) is 0 Å². The summed E-state index contributed by atoms with van der Waals surface area (Å²) in [6.45, 7) is 0. The molecular weight excluding hydrogens is 171 g/mol. The van der Waals surface area contributed by atoms with Gasteiger partial charge in [-0.3, -0.25) is 0 Å². The van der Waals surface area contributed by atoms with Crippen molar-refractivity contribution in [3.8, 4) is 0 Å². The Morgan fingerprint density at radius 2 is 1.25 bits per heavy atom. The predicted molar refractivity (Wildman–Crippen MR) is 19.9 cm³/mol. The van der Waals surface area contributed by atoms with E-state index in [1.165, 1.54) is 0 Å². The maximum atomic E-state index is 11.0. The molecule has 0 aliphatic rings. The lowest BCUT2D eigenvalue weighted by atomic mass is 11.5. The Kier molecular flexibility index (Phi) is 1.87. The fraction of sp³-hybridized carbons (Fsp3) is 1.00. The second-order valence-electron chi connectivity index (χ2n) is 0.996. The van der Waals surface area contributed by atoms with Gasteiger partial charge in [-0.2, -0.15) is 13.2 Å². The Bertz CT molecular complexity index is 67.4. The Labute approximate surface area is 47.3 Å². The van der Waals surface area contributed by atoms with E-state index in [4.69, 9.17) is 0 Å². The molecule has 0 aromatic heterocycles. The van der Waals surface area contributed by atoms with E-state index in [0.29, 0.717) is 0 Å². The van der Waals surface area contributed by atoms with Gasteiger partial charge in [-0.15, -0.1) is 0 Å². The van der Waals surface area contributed by atoms with E-state index in [9.17, 15) is 21.4 Å². The molecule has 0 amide bonds. The number of hydrogen-bond donors (Lipinski definition) is 0. The normalized spacial score (nSPS) is 14.2. The molecule has 0 aliphatic carbocycles. The highest BCUT2D eigenvalue weighted by molar-refractivity contribution is 7.13. The van der Waals surface area contributed by atoms with Crippen molar-refractivity contribution in [1.29, 1.82) is 0 Å². The molecule has 7 heteroatoms. The SMILES string of the molecule is FC(F)(F)[Si](F)(F)Cl. The van der Waals surface area contributed by atoms with Crippen LogP contribution in [-0.2, 0) is 0 Å². The van der Waals surface area contributed by atoms with Gasteiger partial charge in [0.2, 0.25) is 0 Å². The molecule has 0 saturated carbocycles. The minimum atomic E-state index is -6.39. The third-order valence-corrected chi connectivity index (χ3v) is 1.61. The lowest BCUT2D eigenvalue weighted by molar-refractivity contribution is -0.0682. The van der Waals surface area contributed by atoms with E-state index < -0.39 is 13.9 Å². The molecule has 0 spiro atoms. The highest BCUT2D eigenvalue weighted by atomic mass is 35.6. The molecule has 0 bridgehead atoms. The van der Waals surface area contributed by atoms with Gasteiger partial charge >= 0.3 is 13.9 Å². The highest BCUT2D eigenvalue weighted by Gasteiger charge is 2.62. The topological polar surface area (TPSA) is 0 Å². The third-order valence-electron chi connectivity index (χ3n) is 0.321. The Hall–Kier alpha value is 0.157. The lowest BCUT2D eigenvalue weighted by Crippen LogP contribution is -2.36. The van der Waals surface area contributed by atoms with E-state index in [0.717, 1.165) is 0 Å². The van der Waals surface area contributed by atoms with Gasteiger partial charge in [0.1, 0.15) is 0 Å². The van der Waals surface area contributed by atoms with Gasteiger partial charge in [-0.1, -0.05) is 11.1 Å². The van der Waals surface area contributed by atoms with Crippen LogP contribution in [0.1, 0.15) is 0 Å². The van der Waals surface area contributed by atoms with Crippen LogP contribution < -0.4 is 0 Å². The Morgan fingerprint density at radius 1 is 1.12 bits per heavy atom. The van der Waals surface area contributed by atoms with Crippen molar-refractivity contribution in [3.63, 3.8) is 0 Å². The van der Waals surface area contributed by atoms with Crippen LogP contribution in [-0.4, -0.2) is 13.9 Å². The minimum Gasteiger partial charge on any atom is -0.245 e. The molecule has 8 heavy (non-hydrogen) atoms. The Balaban J connectivity index is 4.02. The predicted octanol–water partition coefficient (Wildman–Crippen LogP) is 2.20. The molecule has 0 N–H and O–H groups in total. The molecule has 0 atom stereocenters. The summed E-state index contributed by atoms with van der Waals surface area (Å²) in [5.74, 6) is -5.49. The van der Waals surface area contributed by atoms with E-state index in [1.54, 1.807) is 0 Å². The average Bonchev–Trinajstić information content (AvgIpc) is 1.25. The highest BCUT2D eigenvalue weighted by Crippen LogP contribution is 2.33. The van der Waals surface area contributed by atoms with Crippen molar-refractivity contribution in [1.82, 2.24) is 0 Å². The van der Waals surface area contributed by atoms with Gasteiger partial charge in [-0.25, -0.2) is 8.22 Å². The van der Waals surface area contributed by atoms with E-state index >= 15 is 0 Å². The van der Waals surface area contributed by atoms with Crippen LogP contribution in [0.4, 0.5) is 21.4 Å².